The Morgan fingerprint density at radius 2 is 1.54 bits per heavy atom. The van der Waals surface area contributed by atoms with Gasteiger partial charge in [0.15, 0.2) is 11.5 Å². The van der Waals surface area contributed by atoms with Gasteiger partial charge in [-0.3, -0.25) is 0 Å². The summed E-state index contributed by atoms with van der Waals surface area (Å²) in [6.45, 7) is 4.79. The molecular weight excluding hydrogens is 350 g/mol. The van der Waals surface area contributed by atoms with E-state index in [4.69, 9.17) is 9.47 Å². The normalized spacial score (nSPS) is 20.2. The summed E-state index contributed by atoms with van der Waals surface area (Å²) < 4.78 is 38.6. The van der Waals surface area contributed by atoms with Gasteiger partial charge in [-0.05, 0) is 37.8 Å². The lowest BCUT2D eigenvalue weighted by molar-refractivity contribution is 0.222. The van der Waals surface area contributed by atoms with E-state index in [-0.39, 0.29) is 11.5 Å². The fraction of sp³-hybridized carbons (Fsp3) is 0.714. The Morgan fingerprint density at radius 1 is 0.923 bits per heavy atom. The van der Waals surface area contributed by atoms with Gasteiger partial charge in [0.1, 0.15) is 0 Å². The van der Waals surface area contributed by atoms with Crippen LogP contribution in [0.15, 0.2) is 12.1 Å². The first-order chi connectivity index (χ1) is 12.7. The van der Waals surface area contributed by atoms with Gasteiger partial charge in [-0.25, -0.2) is 0 Å². The lowest BCUT2D eigenvalue weighted by atomic mass is 10.0. The molecule has 1 aliphatic heterocycles. The molecule has 0 amide bonds. The number of rotatable bonds is 11. The van der Waals surface area contributed by atoms with Crippen LogP contribution < -0.4 is 9.47 Å². The monoisotopic (exact) mass is 384 g/mol. The molecule has 1 heterocycles. The van der Waals surface area contributed by atoms with E-state index in [0.717, 1.165) is 0 Å². The average molecular weight is 385 g/mol. The molecule has 1 saturated heterocycles. The minimum absolute atomic E-state index is 0.00115. The molecule has 1 aliphatic rings. The van der Waals surface area contributed by atoms with E-state index in [1.807, 2.05) is 0 Å². The predicted octanol–water partition coefficient (Wildman–Crippen LogP) is 6.35. The fourth-order valence-electron chi connectivity index (χ4n) is 3.82. The highest BCUT2D eigenvalue weighted by atomic mass is 28.3. The smallest absolute Gasteiger partial charge is 0.204 e. The van der Waals surface area contributed by atoms with Crippen LogP contribution in [0.5, 0.6) is 11.5 Å². The maximum absolute atomic E-state index is 14.1. The lowest BCUT2D eigenvalue weighted by Gasteiger charge is -2.27. The molecule has 2 nitrogen and oxygen atoms in total. The molecule has 2 rings (SSSR count). The van der Waals surface area contributed by atoms with Crippen molar-refractivity contribution in [1.29, 1.82) is 0 Å². The van der Waals surface area contributed by atoms with Crippen LogP contribution in [0.25, 0.3) is 0 Å². The Labute approximate surface area is 158 Å². The van der Waals surface area contributed by atoms with E-state index in [0.29, 0.717) is 19.1 Å². The summed E-state index contributed by atoms with van der Waals surface area (Å²) in [4.78, 5) is 0. The van der Waals surface area contributed by atoms with Crippen LogP contribution in [-0.2, 0) is 0 Å². The van der Waals surface area contributed by atoms with Crippen LogP contribution >= 0.6 is 0 Å². The molecule has 0 N–H and O–H groups in total. The van der Waals surface area contributed by atoms with Crippen LogP contribution in [0.1, 0.15) is 58.8 Å². The van der Waals surface area contributed by atoms with Gasteiger partial charge < -0.3 is 9.47 Å². The van der Waals surface area contributed by atoms with Crippen molar-refractivity contribution in [1.82, 2.24) is 0 Å². The molecule has 26 heavy (non-hydrogen) atoms. The van der Waals surface area contributed by atoms with E-state index >= 15 is 0 Å². The summed E-state index contributed by atoms with van der Waals surface area (Å²) in [5.41, 5.74) is 0. The van der Waals surface area contributed by atoms with Crippen molar-refractivity contribution in [3.05, 3.63) is 23.8 Å². The zero-order chi connectivity index (χ0) is 18.8. The van der Waals surface area contributed by atoms with Crippen molar-refractivity contribution in [3.8, 4) is 11.5 Å². The number of ether oxygens (including phenoxy) is 2. The quantitative estimate of drug-likeness (QED) is 0.327. The molecule has 0 spiro atoms. The van der Waals surface area contributed by atoms with Gasteiger partial charge in [-0.1, -0.05) is 57.2 Å². The number of benzene rings is 1. The molecule has 0 unspecified atom stereocenters. The highest BCUT2D eigenvalue weighted by molar-refractivity contribution is 6.58. The maximum atomic E-state index is 14.1. The molecule has 1 aromatic rings. The largest absolute Gasteiger partial charge is 0.491 e. The van der Waals surface area contributed by atoms with Crippen molar-refractivity contribution in [2.75, 3.05) is 13.2 Å². The van der Waals surface area contributed by atoms with Crippen LogP contribution in [0, 0.1) is 17.6 Å². The minimum atomic E-state index is -0.955. The van der Waals surface area contributed by atoms with E-state index < -0.39 is 20.4 Å². The predicted molar refractivity (Wildman–Crippen MR) is 106 cm³/mol. The average Bonchev–Trinajstić information content (AvgIpc) is 2.66. The zero-order valence-corrected chi connectivity index (χ0v) is 17.5. The summed E-state index contributed by atoms with van der Waals surface area (Å²) in [6.07, 6.45) is 9.25. The van der Waals surface area contributed by atoms with Crippen LogP contribution in [0.4, 0.5) is 8.78 Å². The molecule has 1 fully saturated rings. The second-order valence-corrected chi connectivity index (χ2v) is 11.0. The number of hydrogen-bond acceptors (Lipinski definition) is 2. The fourth-order valence-corrected chi connectivity index (χ4v) is 7.44. The summed E-state index contributed by atoms with van der Waals surface area (Å²) in [5.74, 6) is -1.47. The van der Waals surface area contributed by atoms with Gasteiger partial charge in [0.25, 0.3) is 0 Å². The molecule has 0 radical (unpaired) electrons. The number of unbranched alkanes of at least 4 members (excludes halogenated alkanes) is 4. The van der Waals surface area contributed by atoms with Crippen molar-refractivity contribution >= 4 is 8.80 Å². The first-order valence-electron chi connectivity index (χ1n) is 10.4. The van der Waals surface area contributed by atoms with E-state index in [9.17, 15) is 8.78 Å². The summed E-state index contributed by atoms with van der Waals surface area (Å²) >= 11 is 0. The molecule has 148 valence electrons. The molecule has 0 aliphatic carbocycles. The maximum Gasteiger partial charge on any atom is 0.204 e. The summed E-state index contributed by atoms with van der Waals surface area (Å²) in [6, 6.07) is 7.15. The molecular formula is C21H34F2O2Si. The van der Waals surface area contributed by atoms with E-state index in [1.54, 1.807) is 6.92 Å². The SMILES string of the molecule is CCCCCCC[Si@H]1CC[C@H](COc2ccc(OCC)c(F)c2F)CC1. The second-order valence-electron chi connectivity index (χ2n) is 7.52. The number of halogens is 2. The highest BCUT2D eigenvalue weighted by Crippen LogP contribution is 2.31. The van der Waals surface area contributed by atoms with Crippen molar-refractivity contribution < 1.29 is 18.3 Å². The highest BCUT2D eigenvalue weighted by Gasteiger charge is 2.23. The van der Waals surface area contributed by atoms with Crippen molar-refractivity contribution in [3.63, 3.8) is 0 Å². The Bertz CT molecular complexity index is 531. The molecule has 5 heteroatoms. The third-order valence-corrected chi connectivity index (χ3v) is 8.99. The first kappa shape index (κ1) is 21.2. The van der Waals surface area contributed by atoms with E-state index in [2.05, 4.69) is 6.92 Å². The van der Waals surface area contributed by atoms with Gasteiger partial charge >= 0.3 is 0 Å². The Hall–Kier alpha value is -1.10. The van der Waals surface area contributed by atoms with Crippen LogP contribution in [0.3, 0.4) is 0 Å². The minimum Gasteiger partial charge on any atom is -0.491 e. The third-order valence-electron chi connectivity index (χ3n) is 5.47. The second kappa shape index (κ2) is 11.6. The number of hydrogen-bond donors (Lipinski definition) is 0. The van der Waals surface area contributed by atoms with Crippen molar-refractivity contribution in [2.45, 2.75) is 76.9 Å². The Kier molecular flexibility index (Phi) is 9.44. The van der Waals surface area contributed by atoms with Crippen molar-refractivity contribution in [2.24, 2.45) is 5.92 Å². The molecule has 0 saturated carbocycles. The van der Waals surface area contributed by atoms with Gasteiger partial charge in [0.2, 0.25) is 11.6 Å². The Morgan fingerprint density at radius 3 is 2.15 bits per heavy atom. The summed E-state index contributed by atoms with van der Waals surface area (Å²) in [7, 11) is -0.554. The molecule has 1 aromatic carbocycles. The topological polar surface area (TPSA) is 18.5 Å². The van der Waals surface area contributed by atoms with E-state index in [1.165, 1.54) is 75.2 Å². The van der Waals surface area contributed by atoms with Gasteiger partial charge in [0.05, 0.1) is 13.2 Å². The Balaban J connectivity index is 1.69. The third kappa shape index (κ3) is 6.56. The molecule has 0 aromatic heterocycles. The summed E-state index contributed by atoms with van der Waals surface area (Å²) in [5, 5.41) is 0. The lowest BCUT2D eigenvalue weighted by Crippen LogP contribution is -2.24. The van der Waals surface area contributed by atoms with Crippen LogP contribution in [0.2, 0.25) is 18.1 Å². The van der Waals surface area contributed by atoms with Gasteiger partial charge in [-0.15, -0.1) is 0 Å². The molecule has 0 bridgehead atoms. The molecule has 0 atom stereocenters. The van der Waals surface area contributed by atoms with Crippen LogP contribution in [-0.4, -0.2) is 22.0 Å². The van der Waals surface area contributed by atoms with Gasteiger partial charge in [-0.2, -0.15) is 8.78 Å². The standard InChI is InChI=1S/C21H34F2O2Si/c1-3-5-6-7-8-13-26-14-11-17(12-15-26)16-25-19-10-9-18(24-4-2)20(22)21(19)23/h9-10,17,26H,3-8,11-16H2,1-2H3/t17-,26-. The zero-order valence-electron chi connectivity index (χ0n) is 16.4. The van der Waals surface area contributed by atoms with Gasteiger partial charge in [0, 0.05) is 8.80 Å². The first-order valence-corrected chi connectivity index (χ1v) is 12.8.